The summed E-state index contributed by atoms with van der Waals surface area (Å²) in [5.74, 6) is -3.58. The van der Waals surface area contributed by atoms with E-state index < -0.39 is 52.3 Å². The van der Waals surface area contributed by atoms with Gasteiger partial charge in [0.2, 0.25) is 0 Å². The summed E-state index contributed by atoms with van der Waals surface area (Å²) in [7, 11) is 0. The van der Waals surface area contributed by atoms with Crippen LogP contribution in [0.3, 0.4) is 0 Å². The lowest BCUT2D eigenvalue weighted by molar-refractivity contribution is -0.137. The molecular weight excluding hydrogens is 581 g/mol. The molecule has 3 aromatic carbocycles. The van der Waals surface area contributed by atoms with E-state index in [4.69, 9.17) is 11.6 Å². The molecule has 0 bridgehead atoms. The number of carbonyl (C=O) groups excluding carboxylic acids is 2. The molecule has 6 rings (SSSR count). The number of aromatic nitrogens is 2. The molecule has 1 unspecified atom stereocenters. The minimum absolute atomic E-state index is 0.0110. The van der Waals surface area contributed by atoms with Crippen LogP contribution in [0.15, 0.2) is 60.9 Å². The number of benzene rings is 3. The summed E-state index contributed by atoms with van der Waals surface area (Å²) < 4.78 is 69.7. The molecule has 4 aromatic rings. The molecule has 1 aliphatic carbocycles. The van der Waals surface area contributed by atoms with Crippen LogP contribution in [0.25, 0.3) is 11.1 Å². The quantitative estimate of drug-likeness (QED) is 0.253. The Morgan fingerprint density at radius 3 is 2.55 bits per heavy atom. The number of rotatable bonds is 5. The smallest absolute Gasteiger partial charge is 0.341 e. The Hall–Kier alpha value is -4.76. The lowest BCUT2D eigenvalue weighted by Gasteiger charge is -2.19. The van der Waals surface area contributed by atoms with Crippen molar-refractivity contribution in [2.45, 2.75) is 30.6 Å². The van der Waals surface area contributed by atoms with Crippen molar-refractivity contribution in [2.24, 2.45) is 0 Å². The monoisotopic (exact) mass is 597 g/mol. The predicted molar refractivity (Wildman–Crippen MR) is 141 cm³/mol. The maximum Gasteiger partial charge on any atom is 0.416 e. The number of halogens is 6. The summed E-state index contributed by atoms with van der Waals surface area (Å²) in [4.78, 5) is 26.4. The third kappa shape index (κ3) is 4.75. The van der Waals surface area contributed by atoms with E-state index in [1.807, 2.05) is 0 Å². The number of nitrogens with zero attached hydrogens (tertiary/aromatic N) is 3. The Labute approximate surface area is 239 Å². The van der Waals surface area contributed by atoms with E-state index in [1.165, 1.54) is 29.1 Å². The number of hydrogen-bond acceptors (Lipinski definition) is 4. The van der Waals surface area contributed by atoms with Crippen LogP contribution in [0.5, 0.6) is 0 Å². The Kier molecular flexibility index (Phi) is 6.31. The lowest BCUT2D eigenvalue weighted by atomic mass is 9.93. The van der Waals surface area contributed by atoms with Crippen molar-refractivity contribution < 1.29 is 31.5 Å². The van der Waals surface area contributed by atoms with Gasteiger partial charge in [-0.25, -0.2) is 8.78 Å². The zero-order chi connectivity index (χ0) is 30.0. The Balaban J connectivity index is 1.48. The average Bonchev–Trinajstić information content (AvgIpc) is 3.44. The number of nitriles is 1. The molecule has 2 heterocycles. The maximum absolute atomic E-state index is 14.2. The zero-order valence-electron chi connectivity index (χ0n) is 21.2. The van der Waals surface area contributed by atoms with Crippen molar-refractivity contribution in [1.82, 2.24) is 15.1 Å². The van der Waals surface area contributed by atoms with E-state index in [1.54, 1.807) is 6.20 Å². The number of nitrogens with one attached hydrogen (secondary N) is 2. The molecule has 42 heavy (non-hydrogen) atoms. The predicted octanol–water partition coefficient (Wildman–Crippen LogP) is 6.60. The minimum Gasteiger partial charge on any atom is -0.341 e. The fourth-order valence-electron chi connectivity index (χ4n) is 4.97. The topological polar surface area (TPSA) is 99.8 Å². The molecule has 2 N–H and O–H groups in total. The second-order valence-electron chi connectivity index (χ2n) is 10.1. The highest BCUT2D eigenvalue weighted by molar-refractivity contribution is 6.31. The van der Waals surface area contributed by atoms with Gasteiger partial charge in [0.15, 0.2) is 0 Å². The van der Waals surface area contributed by atoms with Crippen molar-refractivity contribution in [3.8, 4) is 17.2 Å². The van der Waals surface area contributed by atoms with Crippen LogP contribution in [0.2, 0.25) is 5.02 Å². The standard InChI is InChI=1S/C29H17ClF5N5O2/c30-22-2-1-18(31)10-20(22)25-24-21(27(42)39-25)7-14(16-11-37-40(12-16)28(13-36)3-4-28)8-23(24)38-26(41)15-5-17(29(33,34)35)9-19(32)6-15/h1-2,5-12,25H,3-4H2,(H,38,41)(H,39,42). The zero-order valence-corrected chi connectivity index (χ0v) is 21.9. The van der Waals surface area contributed by atoms with E-state index in [2.05, 4.69) is 21.8 Å². The summed E-state index contributed by atoms with van der Waals surface area (Å²) >= 11 is 6.32. The number of carbonyl (C=O) groups is 2. The number of hydrogen-bond donors (Lipinski definition) is 2. The fourth-order valence-corrected chi connectivity index (χ4v) is 5.19. The number of alkyl halides is 3. The van der Waals surface area contributed by atoms with Crippen LogP contribution < -0.4 is 10.6 Å². The van der Waals surface area contributed by atoms with Gasteiger partial charge in [-0.2, -0.15) is 23.5 Å². The lowest BCUT2D eigenvalue weighted by Crippen LogP contribution is -2.21. The molecule has 1 fully saturated rings. The van der Waals surface area contributed by atoms with E-state index >= 15 is 0 Å². The first-order valence-electron chi connectivity index (χ1n) is 12.5. The van der Waals surface area contributed by atoms with Crippen LogP contribution >= 0.6 is 11.6 Å². The van der Waals surface area contributed by atoms with Gasteiger partial charge in [-0.3, -0.25) is 14.3 Å². The summed E-state index contributed by atoms with van der Waals surface area (Å²) in [6, 6.07) is 9.14. The molecule has 0 spiro atoms. The largest absolute Gasteiger partial charge is 0.416 e. The first-order valence-corrected chi connectivity index (χ1v) is 12.9. The Morgan fingerprint density at radius 2 is 1.86 bits per heavy atom. The summed E-state index contributed by atoms with van der Waals surface area (Å²) in [6.07, 6.45) is -0.596. The molecule has 0 radical (unpaired) electrons. The van der Waals surface area contributed by atoms with Gasteiger partial charge in [-0.15, -0.1) is 0 Å². The van der Waals surface area contributed by atoms with Gasteiger partial charge in [0.25, 0.3) is 11.8 Å². The van der Waals surface area contributed by atoms with Gasteiger partial charge in [-0.05, 0) is 66.9 Å². The Bertz CT molecular complexity index is 1840. The first-order chi connectivity index (χ1) is 19.9. The van der Waals surface area contributed by atoms with Crippen molar-refractivity contribution >= 4 is 29.1 Å². The minimum atomic E-state index is -4.91. The average molecular weight is 598 g/mol. The molecule has 1 aromatic heterocycles. The first kappa shape index (κ1) is 27.4. The third-order valence-corrected chi connectivity index (χ3v) is 7.62. The van der Waals surface area contributed by atoms with Gasteiger partial charge < -0.3 is 10.6 Å². The normalized spacial score (nSPS) is 16.9. The third-order valence-electron chi connectivity index (χ3n) is 7.28. The van der Waals surface area contributed by atoms with Gasteiger partial charge in [0, 0.05) is 44.7 Å². The van der Waals surface area contributed by atoms with Gasteiger partial charge in [-0.1, -0.05) is 11.6 Å². The van der Waals surface area contributed by atoms with Crippen molar-refractivity contribution in [2.75, 3.05) is 5.32 Å². The second-order valence-corrected chi connectivity index (χ2v) is 10.5. The maximum atomic E-state index is 14.2. The van der Waals surface area contributed by atoms with Crippen molar-refractivity contribution in [3.63, 3.8) is 0 Å². The highest BCUT2D eigenvalue weighted by Gasteiger charge is 2.46. The van der Waals surface area contributed by atoms with Crippen LogP contribution in [-0.4, -0.2) is 21.6 Å². The molecule has 7 nitrogen and oxygen atoms in total. The number of anilines is 1. The van der Waals surface area contributed by atoms with Crippen molar-refractivity contribution in [1.29, 1.82) is 5.26 Å². The van der Waals surface area contributed by atoms with Crippen LogP contribution in [0.1, 0.15) is 56.3 Å². The SMILES string of the molecule is N#CC1(n2cc(-c3cc(NC(=O)c4cc(F)cc(C(F)(F)F)c4)c4c(c3)C(=O)NC4c3cc(F)ccc3Cl)cn2)CC1. The second kappa shape index (κ2) is 9.66. The molecule has 1 saturated carbocycles. The molecule has 1 atom stereocenters. The van der Waals surface area contributed by atoms with Gasteiger partial charge in [0.05, 0.1) is 23.9 Å². The molecule has 0 saturated heterocycles. The van der Waals surface area contributed by atoms with E-state index in [-0.39, 0.29) is 33.5 Å². The van der Waals surface area contributed by atoms with E-state index in [0.717, 1.165) is 12.1 Å². The summed E-state index contributed by atoms with van der Waals surface area (Å²) in [5, 5.41) is 19.1. The van der Waals surface area contributed by atoms with Crippen LogP contribution in [0.4, 0.5) is 27.6 Å². The van der Waals surface area contributed by atoms with E-state index in [0.29, 0.717) is 36.1 Å². The molecule has 212 valence electrons. The molecule has 2 aliphatic rings. The van der Waals surface area contributed by atoms with Crippen LogP contribution in [0, 0.1) is 23.0 Å². The van der Waals surface area contributed by atoms with Crippen molar-refractivity contribution in [3.05, 3.63) is 105 Å². The van der Waals surface area contributed by atoms with Crippen LogP contribution in [-0.2, 0) is 11.7 Å². The molecule has 1 aliphatic heterocycles. The molecular formula is C29H17ClF5N5O2. The fraction of sp³-hybridized carbons (Fsp3) is 0.172. The highest BCUT2D eigenvalue weighted by atomic mass is 35.5. The Morgan fingerprint density at radius 1 is 1.10 bits per heavy atom. The molecule has 13 heteroatoms. The number of amides is 2. The summed E-state index contributed by atoms with van der Waals surface area (Å²) in [6.45, 7) is 0. The van der Waals surface area contributed by atoms with E-state index in [9.17, 15) is 36.8 Å². The highest BCUT2D eigenvalue weighted by Crippen LogP contribution is 2.44. The van der Waals surface area contributed by atoms with Gasteiger partial charge in [0.1, 0.15) is 17.2 Å². The summed E-state index contributed by atoms with van der Waals surface area (Å²) in [5.41, 5.74) is -1.44. The molecule has 2 amide bonds. The number of fused-ring (bicyclic) bond motifs is 1. The van der Waals surface area contributed by atoms with Gasteiger partial charge >= 0.3 is 6.18 Å².